The van der Waals surface area contributed by atoms with E-state index >= 15 is 0 Å². The summed E-state index contributed by atoms with van der Waals surface area (Å²) >= 11 is 4.88. The average Bonchev–Trinajstić information content (AvgIpc) is 3.43. The number of carbonyl (C=O) groups is 1. The third-order valence-electron chi connectivity index (χ3n) is 8.33. The van der Waals surface area contributed by atoms with E-state index in [1.807, 2.05) is 61.5 Å². The molecule has 1 aliphatic heterocycles. The van der Waals surface area contributed by atoms with Gasteiger partial charge in [0.05, 0.1) is 52.7 Å². The summed E-state index contributed by atoms with van der Waals surface area (Å²) in [6.45, 7) is 4.22. The molecule has 0 bridgehead atoms. The number of allylic oxidation sites excluding steroid dienone is 1. The number of benzene rings is 4. The van der Waals surface area contributed by atoms with Gasteiger partial charge in [0.2, 0.25) is 0 Å². The Bertz CT molecular complexity index is 2350. The van der Waals surface area contributed by atoms with Gasteiger partial charge in [0, 0.05) is 5.56 Å². The molecule has 1 atom stereocenters. The molecule has 50 heavy (non-hydrogen) atoms. The maximum absolute atomic E-state index is 14.5. The van der Waals surface area contributed by atoms with Gasteiger partial charge in [-0.2, -0.15) is 5.26 Å². The van der Waals surface area contributed by atoms with Gasteiger partial charge in [-0.1, -0.05) is 67.1 Å². The molecule has 0 fully saturated rings. The fourth-order valence-electron chi connectivity index (χ4n) is 6.08. The van der Waals surface area contributed by atoms with Gasteiger partial charge in [0.25, 0.3) is 5.56 Å². The summed E-state index contributed by atoms with van der Waals surface area (Å²) in [6, 6.07) is 23.8. The number of hydrogen-bond donors (Lipinski definition) is 0. The summed E-state index contributed by atoms with van der Waals surface area (Å²) in [4.78, 5) is 33.7. The first kappa shape index (κ1) is 34.7. The van der Waals surface area contributed by atoms with Crippen molar-refractivity contribution in [3.63, 3.8) is 0 Å². The van der Waals surface area contributed by atoms with Gasteiger partial charge >= 0.3 is 5.97 Å². The summed E-state index contributed by atoms with van der Waals surface area (Å²) in [7, 11) is 3.14. The SMILES string of the molecule is CCCC1=C(C(=O)OCC)[C@@H](c2c(OC)ccc3ccccc23)n2c(s/c(=C/c3cc(Br)c(OCc4ccc(C#N)cc4)c(OC)c3)c2=O)=N1. The standard InChI is InChI=1S/C39H34BrN3O6S/c1-5-9-29-34(38(45)48-6-2)35(33-27-11-8-7-10-26(27)16-17-30(33)46-3)43-37(44)32(50-39(43)42-29)20-25-18-28(40)36(31(19-25)47-4)49-22-24-14-12-23(21-41)13-15-24/h7-8,10-20,35H,5-6,9,22H2,1-4H3/b32-20+/t35-/m1/s1. The molecule has 1 aromatic heterocycles. The van der Waals surface area contributed by atoms with E-state index in [2.05, 4.69) is 22.0 Å². The molecule has 0 unspecified atom stereocenters. The molecule has 1 aliphatic rings. The van der Waals surface area contributed by atoms with Crippen LogP contribution in [0.15, 0.2) is 98.3 Å². The molecule has 0 amide bonds. The minimum atomic E-state index is -0.839. The first-order valence-corrected chi connectivity index (χ1v) is 17.7. The number of carbonyl (C=O) groups excluding carboxylic acids is 1. The second-order valence-electron chi connectivity index (χ2n) is 11.4. The third kappa shape index (κ3) is 6.69. The van der Waals surface area contributed by atoms with E-state index in [0.717, 1.165) is 22.8 Å². The normalized spacial score (nSPS) is 14.2. The Labute approximate surface area is 301 Å². The third-order valence-corrected chi connectivity index (χ3v) is 9.90. The maximum atomic E-state index is 14.5. The van der Waals surface area contributed by atoms with Crippen molar-refractivity contribution in [2.45, 2.75) is 39.3 Å². The highest BCUT2D eigenvalue weighted by molar-refractivity contribution is 9.10. The second kappa shape index (κ2) is 15.2. The van der Waals surface area contributed by atoms with Crippen molar-refractivity contribution < 1.29 is 23.7 Å². The molecule has 254 valence electrons. The zero-order chi connectivity index (χ0) is 35.4. The van der Waals surface area contributed by atoms with Crippen molar-refractivity contribution in [3.05, 3.63) is 130 Å². The number of methoxy groups -OCH3 is 2. The van der Waals surface area contributed by atoms with E-state index in [9.17, 15) is 9.59 Å². The summed E-state index contributed by atoms with van der Waals surface area (Å²) in [5, 5.41) is 10.9. The Morgan fingerprint density at radius 2 is 1.80 bits per heavy atom. The lowest BCUT2D eigenvalue weighted by molar-refractivity contribution is -0.139. The second-order valence-corrected chi connectivity index (χ2v) is 13.3. The summed E-state index contributed by atoms with van der Waals surface area (Å²) in [6.07, 6.45) is 3.05. The molecule has 0 spiro atoms. The summed E-state index contributed by atoms with van der Waals surface area (Å²) in [5.41, 5.74) is 3.47. The van der Waals surface area contributed by atoms with Crippen molar-refractivity contribution in [3.8, 4) is 23.3 Å². The highest BCUT2D eigenvalue weighted by Gasteiger charge is 2.37. The number of nitrogens with zero attached hydrogens (tertiary/aromatic N) is 3. The van der Waals surface area contributed by atoms with Crippen LogP contribution in [0, 0.1) is 11.3 Å². The summed E-state index contributed by atoms with van der Waals surface area (Å²) < 4.78 is 26.0. The van der Waals surface area contributed by atoms with Gasteiger partial charge in [-0.3, -0.25) is 9.36 Å². The monoisotopic (exact) mass is 751 g/mol. The van der Waals surface area contributed by atoms with Crippen LogP contribution in [-0.2, 0) is 16.1 Å². The highest BCUT2D eigenvalue weighted by atomic mass is 79.9. The molecule has 0 radical (unpaired) electrons. The molecule has 4 aromatic carbocycles. The molecular formula is C39H34BrN3O6S. The van der Waals surface area contributed by atoms with Gasteiger partial charge in [-0.25, -0.2) is 9.79 Å². The lowest BCUT2D eigenvalue weighted by atomic mass is 9.90. The Kier molecular flexibility index (Phi) is 10.5. The Morgan fingerprint density at radius 1 is 1.04 bits per heavy atom. The Balaban J connectivity index is 1.50. The molecule has 6 rings (SSSR count). The van der Waals surface area contributed by atoms with Crippen molar-refractivity contribution in [1.29, 1.82) is 5.26 Å². The van der Waals surface area contributed by atoms with Gasteiger partial charge in [0.15, 0.2) is 16.3 Å². The van der Waals surface area contributed by atoms with E-state index < -0.39 is 12.0 Å². The van der Waals surface area contributed by atoms with Crippen LogP contribution in [0.2, 0.25) is 0 Å². The van der Waals surface area contributed by atoms with Crippen LogP contribution < -0.4 is 29.1 Å². The van der Waals surface area contributed by atoms with E-state index in [4.69, 9.17) is 29.2 Å². The van der Waals surface area contributed by atoms with Crippen molar-refractivity contribution >= 4 is 50.1 Å². The number of thiazole rings is 1. The molecular weight excluding hydrogens is 718 g/mol. The quantitative estimate of drug-likeness (QED) is 0.134. The molecule has 0 saturated carbocycles. The smallest absolute Gasteiger partial charge is 0.338 e. The van der Waals surface area contributed by atoms with Gasteiger partial charge in [-0.05, 0) is 87.6 Å². The molecule has 11 heteroatoms. The lowest BCUT2D eigenvalue weighted by Crippen LogP contribution is -2.40. The van der Waals surface area contributed by atoms with Crippen LogP contribution in [0.25, 0.3) is 16.8 Å². The predicted molar refractivity (Wildman–Crippen MR) is 196 cm³/mol. The van der Waals surface area contributed by atoms with Crippen LogP contribution in [0.1, 0.15) is 55.0 Å². The van der Waals surface area contributed by atoms with Gasteiger partial charge < -0.3 is 18.9 Å². The molecule has 9 nitrogen and oxygen atoms in total. The molecule has 2 heterocycles. The Hall–Kier alpha value is -5.18. The predicted octanol–water partition coefficient (Wildman–Crippen LogP) is 6.96. The van der Waals surface area contributed by atoms with E-state index in [1.54, 1.807) is 50.0 Å². The molecule has 0 N–H and O–H groups in total. The van der Waals surface area contributed by atoms with Crippen molar-refractivity contribution in [2.24, 2.45) is 4.99 Å². The topological polar surface area (TPSA) is 112 Å². The average molecular weight is 753 g/mol. The molecule has 0 saturated heterocycles. The largest absolute Gasteiger partial charge is 0.496 e. The van der Waals surface area contributed by atoms with E-state index in [1.165, 1.54) is 11.3 Å². The highest BCUT2D eigenvalue weighted by Crippen LogP contribution is 2.41. The lowest BCUT2D eigenvalue weighted by Gasteiger charge is -2.28. The van der Waals surface area contributed by atoms with Crippen molar-refractivity contribution in [1.82, 2.24) is 4.57 Å². The van der Waals surface area contributed by atoms with E-state index in [0.29, 0.717) is 65.4 Å². The fourth-order valence-corrected chi connectivity index (χ4v) is 7.67. The summed E-state index contributed by atoms with van der Waals surface area (Å²) in [5.74, 6) is 1.01. The van der Waals surface area contributed by atoms with Crippen molar-refractivity contribution in [2.75, 3.05) is 20.8 Å². The number of esters is 1. The van der Waals surface area contributed by atoms with Gasteiger partial charge in [-0.15, -0.1) is 0 Å². The number of halogens is 1. The first-order chi connectivity index (χ1) is 24.3. The molecule has 5 aromatic rings. The molecule has 0 aliphatic carbocycles. The van der Waals surface area contributed by atoms with Crippen LogP contribution in [0.4, 0.5) is 0 Å². The Morgan fingerprint density at radius 3 is 2.50 bits per heavy atom. The number of ether oxygens (including phenoxy) is 4. The van der Waals surface area contributed by atoms with Crippen LogP contribution in [0.3, 0.4) is 0 Å². The number of aromatic nitrogens is 1. The minimum Gasteiger partial charge on any atom is -0.496 e. The zero-order valence-corrected chi connectivity index (χ0v) is 30.4. The maximum Gasteiger partial charge on any atom is 0.338 e. The zero-order valence-electron chi connectivity index (χ0n) is 28.0. The fraction of sp³-hybridized carbons (Fsp3) is 0.231. The minimum absolute atomic E-state index is 0.176. The van der Waals surface area contributed by atoms with Crippen LogP contribution >= 0.6 is 27.3 Å². The van der Waals surface area contributed by atoms with Crippen LogP contribution in [-0.4, -0.2) is 31.4 Å². The number of nitriles is 1. The van der Waals surface area contributed by atoms with Gasteiger partial charge in [0.1, 0.15) is 18.4 Å². The number of fused-ring (bicyclic) bond motifs is 2. The first-order valence-electron chi connectivity index (χ1n) is 16.1. The number of hydrogen-bond acceptors (Lipinski definition) is 9. The van der Waals surface area contributed by atoms with E-state index in [-0.39, 0.29) is 18.8 Å². The number of rotatable bonds is 11. The van der Waals surface area contributed by atoms with Crippen LogP contribution in [0.5, 0.6) is 17.2 Å².